The van der Waals surface area contributed by atoms with Crippen molar-refractivity contribution in [1.82, 2.24) is 10.2 Å². The molecule has 1 amide bonds. The summed E-state index contributed by atoms with van der Waals surface area (Å²) in [5.74, 6) is 0.736. The van der Waals surface area contributed by atoms with Gasteiger partial charge in [0.05, 0.1) is 12.7 Å². The van der Waals surface area contributed by atoms with Crippen LogP contribution < -0.4 is 5.32 Å². The zero-order valence-electron chi connectivity index (χ0n) is 10.4. The lowest BCUT2D eigenvalue weighted by molar-refractivity contribution is -0.130. The third kappa shape index (κ3) is 3.56. The lowest BCUT2D eigenvalue weighted by atomic mass is 10.1. The number of nitrogens with zero attached hydrogens (tertiary/aromatic N) is 1. The summed E-state index contributed by atoms with van der Waals surface area (Å²) in [4.78, 5) is 13.8. The van der Waals surface area contributed by atoms with Gasteiger partial charge in [-0.15, -0.1) is 0 Å². The molecule has 0 bridgehead atoms. The van der Waals surface area contributed by atoms with E-state index in [0.717, 1.165) is 19.3 Å². The van der Waals surface area contributed by atoms with E-state index < -0.39 is 10.8 Å². The summed E-state index contributed by atoms with van der Waals surface area (Å²) in [5.41, 5.74) is 0. The fourth-order valence-corrected chi connectivity index (χ4v) is 2.87. The molecule has 0 saturated carbocycles. The van der Waals surface area contributed by atoms with Crippen LogP contribution in [-0.2, 0) is 15.6 Å². The van der Waals surface area contributed by atoms with Crippen LogP contribution in [0.4, 0.5) is 0 Å². The van der Waals surface area contributed by atoms with Gasteiger partial charge in [-0.1, -0.05) is 19.8 Å². The highest BCUT2D eigenvalue weighted by Crippen LogP contribution is 2.13. The van der Waals surface area contributed by atoms with E-state index >= 15 is 0 Å². The van der Waals surface area contributed by atoms with Crippen molar-refractivity contribution in [3.63, 3.8) is 0 Å². The first-order valence-electron chi connectivity index (χ1n) is 5.90. The van der Waals surface area contributed by atoms with Crippen LogP contribution >= 0.6 is 0 Å². The number of carbonyl (C=O) groups is 1. The topological polar surface area (TPSA) is 49.4 Å². The molecule has 1 N–H and O–H groups in total. The normalized spacial score (nSPS) is 24.8. The maximum absolute atomic E-state index is 12.0. The van der Waals surface area contributed by atoms with E-state index in [0.29, 0.717) is 12.4 Å². The van der Waals surface area contributed by atoms with E-state index in [1.807, 2.05) is 11.8 Å². The highest BCUT2D eigenvalue weighted by Gasteiger charge is 2.33. The molecule has 4 nitrogen and oxygen atoms in total. The molecule has 1 saturated heterocycles. The number of nitrogens with one attached hydrogen (secondary N) is 1. The summed E-state index contributed by atoms with van der Waals surface area (Å²) in [6, 6.07) is 0.0464. The van der Waals surface area contributed by atoms with Gasteiger partial charge in [0.15, 0.2) is 0 Å². The van der Waals surface area contributed by atoms with Crippen molar-refractivity contribution in [2.24, 2.45) is 0 Å². The van der Waals surface area contributed by atoms with Crippen molar-refractivity contribution in [3.8, 4) is 0 Å². The number of hydrogen-bond donors (Lipinski definition) is 1. The van der Waals surface area contributed by atoms with E-state index in [9.17, 15) is 9.00 Å². The molecule has 0 aromatic carbocycles. The first kappa shape index (κ1) is 13.6. The number of rotatable bonds is 6. The lowest BCUT2D eigenvalue weighted by Crippen LogP contribution is -2.39. The van der Waals surface area contributed by atoms with Crippen molar-refractivity contribution >= 4 is 16.7 Å². The highest BCUT2D eigenvalue weighted by atomic mass is 32.2. The Balaban J connectivity index is 2.46. The SMILES string of the molecule is CCCCC1NCN(C(C)CS(C)=O)C1=O. The predicted molar refractivity (Wildman–Crippen MR) is 66.6 cm³/mol. The van der Waals surface area contributed by atoms with E-state index in [2.05, 4.69) is 12.2 Å². The zero-order valence-corrected chi connectivity index (χ0v) is 11.2. The fourth-order valence-electron chi connectivity index (χ4n) is 2.01. The molecule has 0 aromatic heterocycles. The Hall–Kier alpha value is -0.420. The molecule has 1 fully saturated rings. The van der Waals surface area contributed by atoms with Crippen LogP contribution in [-0.4, -0.2) is 45.8 Å². The van der Waals surface area contributed by atoms with Gasteiger partial charge in [-0.3, -0.25) is 14.3 Å². The molecule has 0 spiro atoms. The molecular formula is C11H22N2O2S. The number of amides is 1. The Morgan fingerprint density at radius 2 is 2.31 bits per heavy atom. The third-order valence-electron chi connectivity index (χ3n) is 2.94. The van der Waals surface area contributed by atoms with Gasteiger partial charge >= 0.3 is 0 Å². The molecule has 94 valence electrons. The average Bonchev–Trinajstić information content (AvgIpc) is 2.56. The lowest BCUT2D eigenvalue weighted by Gasteiger charge is -2.22. The molecular weight excluding hydrogens is 224 g/mol. The van der Waals surface area contributed by atoms with Gasteiger partial charge in [0.25, 0.3) is 0 Å². The Morgan fingerprint density at radius 3 is 2.88 bits per heavy atom. The average molecular weight is 246 g/mol. The van der Waals surface area contributed by atoms with Gasteiger partial charge in [-0.25, -0.2) is 0 Å². The Morgan fingerprint density at radius 1 is 1.62 bits per heavy atom. The quantitative estimate of drug-likeness (QED) is 0.750. The smallest absolute Gasteiger partial charge is 0.241 e. The molecule has 1 aliphatic rings. The van der Waals surface area contributed by atoms with Crippen LogP contribution in [0.25, 0.3) is 0 Å². The van der Waals surface area contributed by atoms with Gasteiger partial charge in [0.1, 0.15) is 0 Å². The largest absolute Gasteiger partial charge is 0.325 e. The van der Waals surface area contributed by atoms with Gasteiger partial charge < -0.3 is 4.90 Å². The summed E-state index contributed by atoms with van der Waals surface area (Å²) < 4.78 is 11.1. The number of carbonyl (C=O) groups excluding carboxylic acids is 1. The second kappa shape index (κ2) is 6.35. The monoisotopic (exact) mass is 246 g/mol. The maximum atomic E-state index is 12.0. The molecule has 0 aliphatic carbocycles. The number of unbranched alkanes of at least 4 members (excludes halogenated alkanes) is 1. The summed E-state index contributed by atoms with van der Waals surface area (Å²) in [6.07, 6.45) is 4.78. The molecule has 1 rings (SSSR count). The molecule has 1 heterocycles. The van der Waals surface area contributed by atoms with Crippen LogP contribution in [0.15, 0.2) is 0 Å². The van der Waals surface area contributed by atoms with Crippen molar-refractivity contribution in [2.75, 3.05) is 18.7 Å². The number of hydrogen-bond acceptors (Lipinski definition) is 3. The minimum Gasteiger partial charge on any atom is -0.325 e. The van der Waals surface area contributed by atoms with Crippen LogP contribution in [0.2, 0.25) is 0 Å². The van der Waals surface area contributed by atoms with Crippen LogP contribution in [0.5, 0.6) is 0 Å². The first-order valence-corrected chi connectivity index (χ1v) is 7.62. The standard InChI is InChI=1S/C11H22N2O2S/c1-4-5-6-10-11(14)13(8-12-10)9(2)7-16(3)15/h9-10,12H,4-8H2,1-3H3. The Labute approximate surface area is 100 Å². The minimum absolute atomic E-state index is 0.0207. The Bertz CT molecular complexity index is 271. The van der Waals surface area contributed by atoms with Gasteiger partial charge in [0, 0.05) is 28.9 Å². The van der Waals surface area contributed by atoms with Crippen LogP contribution in [0.3, 0.4) is 0 Å². The molecule has 1 aliphatic heterocycles. The summed E-state index contributed by atoms with van der Waals surface area (Å²) in [7, 11) is -0.845. The van der Waals surface area contributed by atoms with Crippen LogP contribution in [0.1, 0.15) is 33.1 Å². The second-order valence-corrected chi connectivity index (χ2v) is 5.93. The van der Waals surface area contributed by atoms with Gasteiger partial charge in [-0.05, 0) is 13.3 Å². The van der Waals surface area contributed by atoms with Crippen LogP contribution in [0, 0.1) is 0 Å². The van der Waals surface area contributed by atoms with Gasteiger partial charge in [0.2, 0.25) is 5.91 Å². The van der Waals surface area contributed by atoms with Crippen molar-refractivity contribution < 1.29 is 9.00 Å². The van der Waals surface area contributed by atoms with Crippen molar-refractivity contribution in [3.05, 3.63) is 0 Å². The molecule has 3 atom stereocenters. The van der Waals surface area contributed by atoms with E-state index in [1.165, 1.54) is 0 Å². The van der Waals surface area contributed by atoms with Crippen molar-refractivity contribution in [2.45, 2.75) is 45.2 Å². The predicted octanol–water partition coefficient (Wildman–Crippen LogP) is 0.702. The molecule has 16 heavy (non-hydrogen) atoms. The Kier molecular flexibility index (Phi) is 5.41. The van der Waals surface area contributed by atoms with E-state index in [1.54, 1.807) is 6.26 Å². The molecule has 0 aromatic rings. The summed E-state index contributed by atoms with van der Waals surface area (Å²) in [6.45, 7) is 4.69. The highest BCUT2D eigenvalue weighted by molar-refractivity contribution is 7.84. The molecule has 5 heteroatoms. The molecule has 0 radical (unpaired) electrons. The fraction of sp³-hybridized carbons (Fsp3) is 0.909. The maximum Gasteiger partial charge on any atom is 0.241 e. The van der Waals surface area contributed by atoms with E-state index in [-0.39, 0.29) is 18.0 Å². The third-order valence-corrected chi connectivity index (χ3v) is 3.90. The zero-order chi connectivity index (χ0) is 12.1. The molecule has 3 unspecified atom stereocenters. The first-order chi connectivity index (χ1) is 7.56. The minimum atomic E-state index is -0.845. The van der Waals surface area contributed by atoms with Crippen molar-refractivity contribution in [1.29, 1.82) is 0 Å². The van der Waals surface area contributed by atoms with Gasteiger partial charge in [-0.2, -0.15) is 0 Å². The second-order valence-electron chi connectivity index (χ2n) is 4.45. The van der Waals surface area contributed by atoms with E-state index in [4.69, 9.17) is 0 Å². The summed E-state index contributed by atoms with van der Waals surface area (Å²) in [5, 5.41) is 3.22. The summed E-state index contributed by atoms with van der Waals surface area (Å²) >= 11 is 0.